The SMILES string of the molecule is CN(C)C(=O)COCC1CN(S(C)(=O)=O)Cc2cncn2C1. The highest BCUT2D eigenvalue weighted by molar-refractivity contribution is 7.88. The standard InChI is InChI=1S/C13H22N4O4S/c1-15(2)13(18)9-21-8-11-5-16-10-14-4-12(16)7-17(6-11)22(3,19)20/h4,10-11H,5-9H2,1-3H3. The zero-order valence-corrected chi connectivity index (χ0v) is 13.9. The Hall–Kier alpha value is -1.45. The van der Waals surface area contributed by atoms with Crippen LogP contribution in [0.2, 0.25) is 0 Å². The normalized spacial score (nSPS) is 19.5. The smallest absolute Gasteiger partial charge is 0.248 e. The van der Waals surface area contributed by atoms with Gasteiger partial charge in [-0.3, -0.25) is 4.79 Å². The van der Waals surface area contributed by atoms with Gasteiger partial charge in [0.25, 0.3) is 0 Å². The van der Waals surface area contributed by atoms with E-state index in [4.69, 9.17) is 4.74 Å². The van der Waals surface area contributed by atoms with E-state index in [1.165, 1.54) is 15.5 Å². The zero-order valence-electron chi connectivity index (χ0n) is 13.1. The Morgan fingerprint density at radius 3 is 2.82 bits per heavy atom. The van der Waals surface area contributed by atoms with E-state index >= 15 is 0 Å². The number of ether oxygens (including phenoxy) is 1. The number of nitrogens with zero attached hydrogens (tertiary/aromatic N) is 4. The molecule has 0 bridgehead atoms. The molecule has 0 fully saturated rings. The van der Waals surface area contributed by atoms with Gasteiger partial charge in [0, 0.05) is 39.3 Å². The number of hydrogen-bond acceptors (Lipinski definition) is 5. The van der Waals surface area contributed by atoms with Crippen molar-refractivity contribution in [1.82, 2.24) is 18.8 Å². The van der Waals surface area contributed by atoms with Gasteiger partial charge in [-0.2, -0.15) is 4.31 Å². The largest absolute Gasteiger partial charge is 0.371 e. The fourth-order valence-corrected chi connectivity index (χ4v) is 3.16. The minimum atomic E-state index is -3.30. The van der Waals surface area contributed by atoms with Crippen molar-refractivity contribution in [2.24, 2.45) is 5.92 Å². The highest BCUT2D eigenvalue weighted by Gasteiger charge is 2.27. The van der Waals surface area contributed by atoms with Crippen LogP contribution in [0.3, 0.4) is 0 Å². The molecule has 22 heavy (non-hydrogen) atoms. The van der Waals surface area contributed by atoms with Gasteiger partial charge in [-0.15, -0.1) is 0 Å². The molecule has 2 heterocycles. The third-order valence-corrected chi connectivity index (χ3v) is 4.82. The molecule has 9 heteroatoms. The maximum Gasteiger partial charge on any atom is 0.248 e. The number of carbonyl (C=O) groups is 1. The quantitative estimate of drug-likeness (QED) is 0.718. The van der Waals surface area contributed by atoms with Gasteiger partial charge >= 0.3 is 0 Å². The van der Waals surface area contributed by atoms with Crippen molar-refractivity contribution >= 4 is 15.9 Å². The molecule has 124 valence electrons. The third kappa shape index (κ3) is 4.28. The summed E-state index contributed by atoms with van der Waals surface area (Å²) in [5, 5.41) is 0. The maximum atomic E-state index is 11.9. The Morgan fingerprint density at radius 1 is 1.45 bits per heavy atom. The molecule has 1 aromatic rings. The number of rotatable bonds is 5. The Balaban J connectivity index is 2.03. The fourth-order valence-electron chi connectivity index (χ4n) is 2.31. The van der Waals surface area contributed by atoms with Gasteiger partial charge in [-0.1, -0.05) is 0 Å². The van der Waals surface area contributed by atoms with Crippen molar-refractivity contribution in [1.29, 1.82) is 0 Å². The lowest BCUT2D eigenvalue weighted by Gasteiger charge is -2.22. The van der Waals surface area contributed by atoms with Crippen molar-refractivity contribution in [2.75, 3.05) is 40.1 Å². The lowest BCUT2D eigenvalue weighted by molar-refractivity contribution is -0.134. The predicted molar refractivity (Wildman–Crippen MR) is 80.5 cm³/mol. The van der Waals surface area contributed by atoms with Crippen molar-refractivity contribution in [2.45, 2.75) is 13.1 Å². The first-order chi connectivity index (χ1) is 10.3. The van der Waals surface area contributed by atoms with Crippen LogP contribution in [-0.4, -0.2) is 73.2 Å². The van der Waals surface area contributed by atoms with E-state index in [2.05, 4.69) is 4.98 Å². The molecule has 1 atom stereocenters. The van der Waals surface area contributed by atoms with E-state index < -0.39 is 10.0 Å². The van der Waals surface area contributed by atoms with Crippen LogP contribution in [-0.2, 0) is 32.6 Å². The summed E-state index contributed by atoms with van der Waals surface area (Å²) in [4.78, 5) is 17.0. The number of likely N-dealkylation sites (N-methyl/N-ethyl adjacent to an activating group) is 1. The maximum absolute atomic E-state index is 11.9. The average Bonchev–Trinajstić information content (AvgIpc) is 2.76. The van der Waals surface area contributed by atoms with Gasteiger partial charge < -0.3 is 14.2 Å². The second kappa shape index (κ2) is 6.76. The third-order valence-electron chi connectivity index (χ3n) is 3.60. The molecular formula is C13H22N4O4S. The fraction of sp³-hybridized carbons (Fsp3) is 0.692. The van der Waals surface area contributed by atoms with Crippen molar-refractivity contribution in [3.8, 4) is 0 Å². The second-order valence-electron chi connectivity index (χ2n) is 5.76. The number of aromatic nitrogens is 2. The van der Waals surface area contributed by atoms with Crippen LogP contribution in [0, 0.1) is 5.92 Å². The van der Waals surface area contributed by atoms with Crippen LogP contribution >= 0.6 is 0 Å². The molecule has 1 aliphatic rings. The minimum absolute atomic E-state index is 0.000833. The molecule has 0 aromatic carbocycles. The second-order valence-corrected chi connectivity index (χ2v) is 7.74. The zero-order chi connectivity index (χ0) is 16.3. The summed E-state index contributed by atoms with van der Waals surface area (Å²) in [5.74, 6) is -0.142. The number of fused-ring (bicyclic) bond motifs is 1. The summed E-state index contributed by atoms with van der Waals surface area (Å²) in [6.45, 7) is 1.63. The van der Waals surface area contributed by atoms with Crippen LogP contribution in [0.4, 0.5) is 0 Å². The molecule has 0 saturated carbocycles. The summed E-state index contributed by atoms with van der Waals surface area (Å²) in [7, 11) is 0.0383. The number of sulfonamides is 1. The molecule has 1 unspecified atom stereocenters. The first-order valence-electron chi connectivity index (χ1n) is 6.99. The topological polar surface area (TPSA) is 84.7 Å². The molecule has 8 nitrogen and oxygen atoms in total. The lowest BCUT2D eigenvalue weighted by Crippen LogP contribution is -2.35. The van der Waals surface area contributed by atoms with Crippen LogP contribution in [0.5, 0.6) is 0 Å². The Morgan fingerprint density at radius 2 is 2.18 bits per heavy atom. The van der Waals surface area contributed by atoms with Crippen LogP contribution < -0.4 is 0 Å². The van der Waals surface area contributed by atoms with Gasteiger partial charge in [-0.25, -0.2) is 13.4 Å². The minimum Gasteiger partial charge on any atom is -0.371 e. The first-order valence-corrected chi connectivity index (χ1v) is 8.84. The Kier molecular flexibility index (Phi) is 5.20. The van der Waals surface area contributed by atoms with Crippen molar-refractivity contribution in [3.05, 3.63) is 18.2 Å². The Bertz CT molecular complexity index is 626. The predicted octanol–water partition coefficient (Wildman–Crippen LogP) is -0.621. The summed E-state index contributed by atoms with van der Waals surface area (Å²) in [6, 6.07) is 0. The van der Waals surface area contributed by atoms with Crippen LogP contribution in [0.15, 0.2) is 12.5 Å². The molecular weight excluding hydrogens is 308 g/mol. The monoisotopic (exact) mass is 330 g/mol. The van der Waals surface area contributed by atoms with Gasteiger partial charge in [0.2, 0.25) is 15.9 Å². The molecule has 2 rings (SSSR count). The van der Waals surface area contributed by atoms with E-state index in [1.807, 2.05) is 4.57 Å². The number of carbonyl (C=O) groups excluding carboxylic acids is 1. The van der Waals surface area contributed by atoms with E-state index in [0.717, 1.165) is 5.69 Å². The van der Waals surface area contributed by atoms with Gasteiger partial charge in [0.1, 0.15) is 6.61 Å². The van der Waals surface area contributed by atoms with E-state index in [-0.39, 0.29) is 18.4 Å². The molecule has 1 aromatic heterocycles. The highest BCUT2D eigenvalue weighted by atomic mass is 32.2. The Labute approximate surface area is 130 Å². The average molecular weight is 330 g/mol. The number of imidazole rings is 1. The number of hydrogen-bond donors (Lipinski definition) is 0. The van der Waals surface area contributed by atoms with Crippen LogP contribution in [0.1, 0.15) is 5.69 Å². The molecule has 1 aliphatic heterocycles. The molecule has 1 amide bonds. The lowest BCUT2D eigenvalue weighted by atomic mass is 10.1. The summed E-state index contributed by atoms with van der Waals surface area (Å²) < 4.78 is 32.6. The van der Waals surface area contributed by atoms with Gasteiger partial charge in [0.05, 0.1) is 31.4 Å². The summed E-state index contributed by atoms with van der Waals surface area (Å²) in [6.07, 6.45) is 4.57. The van der Waals surface area contributed by atoms with Crippen LogP contribution in [0.25, 0.3) is 0 Å². The summed E-state index contributed by atoms with van der Waals surface area (Å²) in [5.41, 5.74) is 0.859. The summed E-state index contributed by atoms with van der Waals surface area (Å²) >= 11 is 0. The van der Waals surface area contributed by atoms with E-state index in [1.54, 1.807) is 26.6 Å². The van der Waals surface area contributed by atoms with E-state index in [0.29, 0.717) is 26.2 Å². The molecule has 0 spiro atoms. The van der Waals surface area contributed by atoms with Crippen molar-refractivity contribution in [3.63, 3.8) is 0 Å². The molecule has 0 radical (unpaired) electrons. The number of amides is 1. The van der Waals surface area contributed by atoms with Crippen molar-refractivity contribution < 1.29 is 17.9 Å². The van der Waals surface area contributed by atoms with E-state index in [9.17, 15) is 13.2 Å². The molecule has 0 saturated heterocycles. The highest BCUT2D eigenvalue weighted by Crippen LogP contribution is 2.18. The van der Waals surface area contributed by atoms with Gasteiger partial charge in [0.15, 0.2) is 0 Å². The van der Waals surface area contributed by atoms with Gasteiger partial charge in [-0.05, 0) is 0 Å². The molecule has 0 aliphatic carbocycles. The molecule has 0 N–H and O–H groups in total. The first kappa shape index (κ1) is 16.9.